The van der Waals surface area contributed by atoms with Crippen LogP contribution in [0.3, 0.4) is 0 Å². The molecule has 0 radical (unpaired) electrons. The van der Waals surface area contributed by atoms with Crippen LogP contribution in [0.4, 0.5) is 0 Å². The molecule has 0 aliphatic heterocycles. The number of hydrogen-bond donors (Lipinski definition) is 1. The maximum Gasteiger partial charge on any atom is 0.148 e. The largest absolute Gasteiger partial charge is 0.507 e. The molecule has 0 saturated heterocycles. The van der Waals surface area contributed by atoms with Crippen molar-refractivity contribution in [2.45, 2.75) is 33.0 Å². The Balaban J connectivity index is 0.00000400. The molecule has 0 amide bonds. The molecule has 0 aliphatic rings. The van der Waals surface area contributed by atoms with E-state index in [1.54, 1.807) is 24.3 Å². The third-order valence-electron chi connectivity index (χ3n) is 7.11. The number of fused-ring (bicyclic) bond motifs is 1. The van der Waals surface area contributed by atoms with Crippen molar-refractivity contribution < 1.29 is 30.3 Å². The first-order chi connectivity index (χ1) is 21.0. The summed E-state index contributed by atoms with van der Waals surface area (Å²) in [6.07, 6.45) is 1.46. The monoisotopic (exact) mass is 731 g/mol. The van der Waals surface area contributed by atoms with Gasteiger partial charge < -0.3 is 5.11 Å². The number of aryl methyl sites for hydroxylation is 1. The van der Waals surface area contributed by atoms with Crippen LogP contribution < -0.4 is 0 Å². The zero-order valence-electron chi connectivity index (χ0n) is 26.3. The summed E-state index contributed by atoms with van der Waals surface area (Å²) in [7, 11) is 0. The van der Waals surface area contributed by atoms with Gasteiger partial charge in [-0.05, 0) is 41.3 Å². The second-order valence-electron chi connectivity index (χ2n) is 11.0. The van der Waals surface area contributed by atoms with E-state index in [1.807, 2.05) is 71.3 Å². The predicted molar refractivity (Wildman–Crippen MR) is 164 cm³/mol. The first-order valence-corrected chi connectivity index (χ1v) is 13.3. The van der Waals surface area contributed by atoms with Crippen LogP contribution in [0.15, 0.2) is 97.2 Å². The summed E-state index contributed by atoms with van der Waals surface area (Å²) in [5.74, 6) is 0.724. The average molecular weight is 732 g/mol. The molecule has 6 heteroatoms. The van der Waals surface area contributed by atoms with E-state index >= 15 is 0 Å². The van der Waals surface area contributed by atoms with Gasteiger partial charge in [-0.25, -0.2) is 4.98 Å². The predicted octanol–water partition coefficient (Wildman–Crippen LogP) is 8.40. The molecule has 0 spiro atoms. The van der Waals surface area contributed by atoms with Crippen LogP contribution in [-0.2, 0) is 26.5 Å². The quantitative estimate of drug-likeness (QED) is 0.185. The van der Waals surface area contributed by atoms with Crippen molar-refractivity contribution in [2.24, 2.45) is 0 Å². The normalized spacial score (nSPS) is 12.6. The SMILES string of the molecule is [2H]C([2H])([2H])c1cc(-c2ccc(C#N)cn2)[c-]c(-c2cccc3c2nc(-c2cccc(C(C)(C)C)c2O)n3-c2ccccc2)c1.[Pt]. The summed E-state index contributed by atoms with van der Waals surface area (Å²) in [6, 6.07) is 33.2. The minimum Gasteiger partial charge on any atom is -0.507 e. The molecule has 5 nitrogen and oxygen atoms in total. The maximum atomic E-state index is 11.5. The average Bonchev–Trinajstić information content (AvgIpc) is 3.40. The molecule has 4 aromatic carbocycles. The van der Waals surface area contributed by atoms with E-state index in [0.717, 1.165) is 16.8 Å². The molecule has 0 atom stereocenters. The van der Waals surface area contributed by atoms with E-state index in [0.29, 0.717) is 44.9 Å². The van der Waals surface area contributed by atoms with Crippen molar-refractivity contribution in [3.8, 4) is 51.3 Å². The van der Waals surface area contributed by atoms with Crippen molar-refractivity contribution >= 4 is 11.0 Å². The molecular weight excluding hydrogens is 700 g/mol. The fourth-order valence-corrected chi connectivity index (χ4v) is 5.14. The number of aromatic hydroxyl groups is 1. The number of aromatic nitrogens is 3. The number of para-hydroxylation sites is 3. The standard InChI is InChI=1S/C36H29N4O.Pt/c1-23-18-25(20-26(19-23)31-17-16-24(21-37)22-38-31)28-12-9-15-32-33(28)39-35(40(32)27-10-6-5-7-11-27)29-13-8-14-30(34(29)41)36(2,3)4;/h5-19,22,41H,1-4H3;/q-1;/i1D3;. The summed E-state index contributed by atoms with van der Waals surface area (Å²) in [4.78, 5) is 9.52. The summed E-state index contributed by atoms with van der Waals surface area (Å²) >= 11 is 0. The van der Waals surface area contributed by atoms with Gasteiger partial charge in [0.05, 0.1) is 22.2 Å². The Morgan fingerprint density at radius 3 is 2.33 bits per heavy atom. The van der Waals surface area contributed by atoms with Gasteiger partial charge in [-0.1, -0.05) is 87.3 Å². The third-order valence-corrected chi connectivity index (χ3v) is 7.11. The van der Waals surface area contributed by atoms with Crippen LogP contribution in [0, 0.1) is 24.2 Å². The summed E-state index contributed by atoms with van der Waals surface area (Å²) in [5.41, 5.74) is 6.15. The molecule has 0 unspecified atom stereocenters. The maximum absolute atomic E-state index is 11.5. The number of pyridine rings is 1. The van der Waals surface area contributed by atoms with Gasteiger partial charge in [0.2, 0.25) is 0 Å². The molecule has 0 aliphatic carbocycles. The van der Waals surface area contributed by atoms with Gasteiger partial charge in [0, 0.05) is 42.8 Å². The van der Waals surface area contributed by atoms with Crippen LogP contribution in [0.2, 0.25) is 0 Å². The van der Waals surface area contributed by atoms with E-state index in [2.05, 4.69) is 37.9 Å². The Hall–Kier alpha value is -4.52. The molecule has 210 valence electrons. The number of phenolic OH excluding ortho intramolecular Hbond substituents is 1. The third kappa shape index (κ3) is 5.27. The van der Waals surface area contributed by atoms with Crippen LogP contribution >= 0.6 is 0 Å². The number of rotatable bonds is 4. The molecule has 6 rings (SSSR count). The molecule has 2 aromatic heterocycles. The number of nitriles is 1. The molecular formula is C36H29N4OPt-. The Bertz CT molecular complexity index is 2060. The summed E-state index contributed by atoms with van der Waals surface area (Å²) < 4.78 is 26.6. The Kier molecular flexibility index (Phi) is 6.84. The number of nitrogens with zero attached hydrogens (tertiary/aromatic N) is 4. The van der Waals surface area contributed by atoms with Crippen LogP contribution in [0.5, 0.6) is 5.75 Å². The molecule has 42 heavy (non-hydrogen) atoms. The molecule has 1 N–H and O–H groups in total. The molecule has 0 fully saturated rings. The van der Waals surface area contributed by atoms with Crippen LogP contribution in [0.25, 0.3) is 50.5 Å². The molecule has 0 saturated carbocycles. The van der Waals surface area contributed by atoms with Crippen molar-refractivity contribution in [3.63, 3.8) is 0 Å². The zero-order valence-corrected chi connectivity index (χ0v) is 25.6. The zero-order chi connectivity index (χ0) is 31.2. The Morgan fingerprint density at radius 1 is 0.905 bits per heavy atom. The second kappa shape index (κ2) is 11.4. The summed E-state index contributed by atoms with van der Waals surface area (Å²) in [5, 5.41) is 20.7. The summed E-state index contributed by atoms with van der Waals surface area (Å²) in [6.45, 7) is 3.78. The van der Waals surface area contributed by atoms with Gasteiger partial charge in [-0.15, -0.1) is 29.3 Å². The first-order valence-electron chi connectivity index (χ1n) is 14.8. The second-order valence-corrected chi connectivity index (χ2v) is 11.0. The van der Waals surface area contributed by atoms with Crippen LogP contribution in [-0.4, -0.2) is 19.6 Å². The van der Waals surface area contributed by atoms with Crippen molar-refractivity contribution in [1.29, 1.82) is 5.26 Å². The Morgan fingerprint density at radius 2 is 1.64 bits per heavy atom. The van der Waals surface area contributed by atoms with Gasteiger partial charge in [-0.2, -0.15) is 5.26 Å². The molecule has 6 aromatic rings. The number of phenols is 1. The van der Waals surface area contributed by atoms with Gasteiger partial charge in [0.25, 0.3) is 0 Å². The molecule has 2 heterocycles. The van der Waals surface area contributed by atoms with Gasteiger partial charge in [0.15, 0.2) is 0 Å². The van der Waals surface area contributed by atoms with Crippen molar-refractivity contribution in [2.75, 3.05) is 0 Å². The fourth-order valence-electron chi connectivity index (χ4n) is 5.14. The van der Waals surface area contributed by atoms with E-state index < -0.39 is 6.85 Å². The van der Waals surface area contributed by atoms with Gasteiger partial charge in [0.1, 0.15) is 17.6 Å². The number of hydrogen-bond acceptors (Lipinski definition) is 4. The van der Waals surface area contributed by atoms with E-state index in [-0.39, 0.29) is 37.8 Å². The minimum atomic E-state index is -2.38. The topological polar surface area (TPSA) is 74.7 Å². The smallest absolute Gasteiger partial charge is 0.148 e. The minimum absolute atomic E-state index is 0. The number of benzene rings is 4. The fraction of sp³-hybridized carbons (Fsp3) is 0.139. The van der Waals surface area contributed by atoms with Crippen molar-refractivity contribution in [3.05, 3.63) is 120 Å². The van der Waals surface area contributed by atoms with Gasteiger partial charge >= 0.3 is 0 Å². The van der Waals surface area contributed by atoms with Crippen molar-refractivity contribution in [1.82, 2.24) is 14.5 Å². The van der Waals surface area contributed by atoms with E-state index in [9.17, 15) is 10.4 Å². The Labute approximate surface area is 264 Å². The van der Waals surface area contributed by atoms with Gasteiger partial charge in [-0.3, -0.25) is 9.55 Å². The van der Waals surface area contributed by atoms with E-state index in [4.69, 9.17) is 9.10 Å². The first kappa shape index (κ1) is 25.2. The number of imidazole rings is 1. The molecule has 0 bridgehead atoms. The van der Waals surface area contributed by atoms with E-state index in [1.165, 1.54) is 6.20 Å². The van der Waals surface area contributed by atoms with Crippen LogP contribution in [0.1, 0.15) is 41.6 Å².